The Bertz CT molecular complexity index is 494. The molecule has 1 aliphatic heterocycles. The lowest BCUT2D eigenvalue weighted by molar-refractivity contribution is 0.0383. The van der Waals surface area contributed by atoms with Gasteiger partial charge in [-0.2, -0.15) is 0 Å². The maximum absolute atomic E-state index is 13.3. The van der Waals surface area contributed by atoms with Crippen LogP contribution in [0.2, 0.25) is 10.0 Å². The Hall–Kier alpha value is -0.880. The van der Waals surface area contributed by atoms with Crippen LogP contribution in [0.25, 0.3) is 0 Å². The maximum Gasteiger partial charge on any atom is 0.252 e. The van der Waals surface area contributed by atoms with E-state index in [1.807, 2.05) is 0 Å². The smallest absolute Gasteiger partial charge is 0.252 e. The van der Waals surface area contributed by atoms with E-state index in [2.05, 4.69) is 10.2 Å². The molecule has 0 spiro atoms. The number of rotatable bonds is 4. The van der Waals surface area contributed by atoms with Gasteiger partial charge >= 0.3 is 0 Å². The van der Waals surface area contributed by atoms with E-state index in [0.717, 1.165) is 25.7 Å². The fraction of sp³-hybridized carbons (Fsp3) is 0.462. The monoisotopic (exact) mass is 320 g/mol. The lowest BCUT2D eigenvalue weighted by Crippen LogP contribution is -2.41. The first-order chi connectivity index (χ1) is 9.58. The Kier molecular flexibility index (Phi) is 5.60. The number of nitrogens with one attached hydrogen (secondary N) is 1. The van der Waals surface area contributed by atoms with Gasteiger partial charge in [0.15, 0.2) is 0 Å². The molecule has 110 valence electrons. The summed E-state index contributed by atoms with van der Waals surface area (Å²) in [5.41, 5.74) is 0.0931. The molecule has 1 heterocycles. The molecule has 7 heteroatoms. The molecule has 1 saturated heterocycles. The fourth-order valence-corrected chi connectivity index (χ4v) is 2.41. The van der Waals surface area contributed by atoms with Crippen LogP contribution in [0.1, 0.15) is 10.4 Å². The fourth-order valence-electron chi connectivity index (χ4n) is 1.94. The minimum atomic E-state index is -0.658. The molecular formula is C13H15Cl2FN2O2. The van der Waals surface area contributed by atoms with Gasteiger partial charge in [-0.05, 0) is 12.1 Å². The molecule has 1 aromatic rings. The quantitative estimate of drug-likeness (QED) is 0.865. The van der Waals surface area contributed by atoms with Crippen molar-refractivity contribution in [1.82, 2.24) is 10.2 Å². The summed E-state index contributed by atoms with van der Waals surface area (Å²) in [4.78, 5) is 14.1. The number of hydrogen-bond acceptors (Lipinski definition) is 3. The summed E-state index contributed by atoms with van der Waals surface area (Å²) < 4.78 is 18.6. The van der Waals surface area contributed by atoms with Crippen molar-refractivity contribution in [2.24, 2.45) is 0 Å². The molecule has 1 aromatic carbocycles. The number of nitrogens with zero attached hydrogens (tertiary/aromatic N) is 1. The first-order valence-corrected chi connectivity index (χ1v) is 7.06. The number of carbonyl (C=O) groups excluding carboxylic acids is 1. The Morgan fingerprint density at radius 1 is 1.30 bits per heavy atom. The molecular weight excluding hydrogens is 306 g/mol. The molecule has 1 fully saturated rings. The standard InChI is InChI=1S/C13H15Cl2FN2O2/c14-10-8-11(15)12(16)7-9(10)13(19)17-1-2-18-3-5-20-6-4-18/h7-8H,1-6H2,(H,17,19). The highest BCUT2D eigenvalue weighted by Gasteiger charge is 2.15. The molecule has 0 aromatic heterocycles. The van der Waals surface area contributed by atoms with Gasteiger partial charge in [0.05, 0.1) is 28.8 Å². The minimum absolute atomic E-state index is 0.0931. The van der Waals surface area contributed by atoms with E-state index < -0.39 is 11.7 Å². The average Bonchev–Trinajstić information content (AvgIpc) is 2.44. The summed E-state index contributed by atoms with van der Waals surface area (Å²) in [5, 5.41) is 2.76. The molecule has 20 heavy (non-hydrogen) atoms. The number of carbonyl (C=O) groups is 1. The van der Waals surface area contributed by atoms with Crippen molar-refractivity contribution in [2.75, 3.05) is 39.4 Å². The van der Waals surface area contributed by atoms with Crippen LogP contribution in [-0.2, 0) is 4.74 Å². The zero-order valence-electron chi connectivity index (χ0n) is 10.8. The van der Waals surface area contributed by atoms with Gasteiger partial charge in [-0.25, -0.2) is 4.39 Å². The molecule has 4 nitrogen and oxygen atoms in total. The van der Waals surface area contributed by atoms with Crippen LogP contribution in [0, 0.1) is 5.82 Å². The molecule has 0 atom stereocenters. The first kappa shape index (κ1) is 15.5. The first-order valence-electron chi connectivity index (χ1n) is 6.31. The SMILES string of the molecule is O=C(NCCN1CCOCC1)c1cc(F)c(Cl)cc1Cl. The van der Waals surface area contributed by atoms with Crippen molar-refractivity contribution in [3.05, 3.63) is 33.6 Å². The predicted octanol–water partition coefficient (Wildman–Crippen LogP) is 2.19. The third-order valence-corrected chi connectivity index (χ3v) is 3.67. The van der Waals surface area contributed by atoms with E-state index in [0.29, 0.717) is 19.8 Å². The molecule has 0 radical (unpaired) electrons. The summed E-state index contributed by atoms with van der Waals surface area (Å²) in [6, 6.07) is 2.28. The second-order valence-electron chi connectivity index (χ2n) is 4.46. The third kappa shape index (κ3) is 4.06. The van der Waals surface area contributed by atoms with Crippen molar-refractivity contribution >= 4 is 29.1 Å². The zero-order valence-corrected chi connectivity index (χ0v) is 12.3. The van der Waals surface area contributed by atoms with Crippen LogP contribution in [0.4, 0.5) is 4.39 Å². The Labute approximate surface area is 126 Å². The summed E-state index contributed by atoms with van der Waals surface area (Å²) in [6.45, 7) is 4.32. The molecule has 0 bridgehead atoms. The average molecular weight is 321 g/mol. The summed E-state index contributed by atoms with van der Waals surface area (Å²) in [6.07, 6.45) is 0. The predicted molar refractivity (Wildman–Crippen MR) is 76.0 cm³/mol. The zero-order chi connectivity index (χ0) is 14.5. The summed E-state index contributed by atoms with van der Waals surface area (Å²) in [7, 11) is 0. The van der Waals surface area contributed by atoms with Crippen molar-refractivity contribution in [1.29, 1.82) is 0 Å². The van der Waals surface area contributed by atoms with Crippen LogP contribution < -0.4 is 5.32 Å². The Balaban J connectivity index is 1.87. The van der Waals surface area contributed by atoms with Crippen molar-refractivity contribution in [3.63, 3.8) is 0 Å². The van der Waals surface area contributed by atoms with Crippen LogP contribution >= 0.6 is 23.2 Å². The Morgan fingerprint density at radius 2 is 2.00 bits per heavy atom. The topological polar surface area (TPSA) is 41.6 Å². The second-order valence-corrected chi connectivity index (χ2v) is 5.27. The molecule has 2 rings (SSSR count). The van der Waals surface area contributed by atoms with Crippen molar-refractivity contribution < 1.29 is 13.9 Å². The highest BCUT2D eigenvalue weighted by Crippen LogP contribution is 2.24. The van der Waals surface area contributed by atoms with E-state index in [1.54, 1.807) is 0 Å². The van der Waals surface area contributed by atoms with E-state index in [-0.39, 0.29) is 15.6 Å². The van der Waals surface area contributed by atoms with Crippen molar-refractivity contribution in [2.45, 2.75) is 0 Å². The number of amides is 1. The second kappa shape index (κ2) is 7.22. The number of halogens is 3. The van der Waals surface area contributed by atoms with Crippen LogP contribution in [0.5, 0.6) is 0 Å². The van der Waals surface area contributed by atoms with Gasteiger partial charge in [-0.15, -0.1) is 0 Å². The van der Waals surface area contributed by atoms with Crippen LogP contribution in [-0.4, -0.2) is 50.2 Å². The van der Waals surface area contributed by atoms with E-state index in [4.69, 9.17) is 27.9 Å². The van der Waals surface area contributed by atoms with E-state index in [1.165, 1.54) is 6.07 Å². The van der Waals surface area contributed by atoms with Crippen molar-refractivity contribution in [3.8, 4) is 0 Å². The number of ether oxygens (including phenoxy) is 1. The molecule has 1 amide bonds. The molecule has 0 unspecified atom stereocenters. The molecule has 0 aliphatic carbocycles. The third-order valence-electron chi connectivity index (χ3n) is 3.07. The summed E-state index contributed by atoms with van der Waals surface area (Å²) in [5.74, 6) is -1.06. The van der Waals surface area contributed by atoms with Gasteiger partial charge in [0.2, 0.25) is 0 Å². The van der Waals surface area contributed by atoms with Gasteiger partial charge in [-0.3, -0.25) is 9.69 Å². The molecule has 0 saturated carbocycles. The molecule has 1 aliphatic rings. The number of benzene rings is 1. The van der Waals surface area contributed by atoms with Gasteiger partial charge < -0.3 is 10.1 Å². The lowest BCUT2D eigenvalue weighted by Gasteiger charge is -2.26. The van der Waals surface area contributed by atoms with Gasteiger partial charge in [-0.1, -0.05) is 23.2 Å². The van der Waals surface area contributed by atoms with Crippen LogP contribution in [0.3, 0.4) is 0 Å². The minimum Gasteiger partial charge on any atom is -0.379 e. The van der Waals surface area contributed by atoms with E-state index >= 15 is 0 Å². The number of hydrogen-bond donors (Lipinski definition) is 1. The normalized spacial score (nSPS) is 16.1. The summed E-state index contributed by atoms with van der Waals surface area (Å²) >= 11 is 11.5. The highest BCUT2D eigenvalue weighted by molar-refractivity contribution is 6.36. The maximum atomic E-state index is 13.3. The van der Waals surface area contributed by atoms with Crippen LogP contribution in [0.15, 0.2) is 12.1 Å². The van der Waals surface area contributed by atoms with Gasteiger partial charge in [0, 0.05) is 26.2 Å². The molecule has 1 N–H and O–H groups in total. The van der Waals surface area contributed by atoms with Gasteiger partial charge in [0.25, 0.3) is 5.91 Å². The highest BCUT2D eigenvalue weighted by atomic mass is 35.5. The number of morpholine rings is 1. The van der Waals surface area contributed by atoms with Gasteiger partial charge in [0.1, 0.15) is 5.82 Å². The Morgan fingerprint density at radius 3 is 2.70 bits per heavy atom. The van der Waals surface area contributed by atoms with E-state index in [9.17, 15) is 9.18 Å². The largest absolute Gasteiger partial charge is 0.379 e. The lowest BCUT2D eigenvalue weighted by atomic mass is 10.2.